The molecule has 1 fully saturated rings. The van der Waals surface area contributed by atoms with E-state index in [4.69, 9.17) is 4.74 Å². The fraction of sp³-hybridized carbons (Fsp3) is 0.462. The largest absolute Gasteiger partial charge is 0.478 e. The summed E-state index contributed by atoms with van der Waals surface area (Å²) in [6.07, 6.45) is 3.68. The number of hydrogen-bond donors (Lipinski definition) is 2. The first-order valence-corrected chi connectivity index (χ1v) is 7.01. The molecule has 0 aliphatic carbocycles. The Morgan fingerprint density at radius 2 is 2.32 bits per heavy atom. The van der Waals surface area contributed by atoms with E-state index in [0.717, 1.165) is 10.2 Å². The fourth-order valence-corrected chi connectivity index (χ4v) is 3.03. The number of carbonyl (C=O) groups is 1. The second-order valence-corrected chi connectivity index (χ2v) is 5.95. The van der Waals surface area contributed by atoms with Crippen LogP contribution in [0.3, 0.4) is 0 Å². The summed E-state index contributed by atoms with van der Waals surface area (Å²) in [4.78, 5) is 11.4. The molecular weight excluding hydrogens is 312 g/mol. The lowest BCUT2D eigenvalue weighted by Crippen LogP contribution is -2.51. The molecule has 19 heavy (non-hydrogen) atoms. The molecule has 0 aromatic carbocycles. The van der Waals surface area contributed by atoms with Crippen molar-refractivity contribution >= 4 is 28.0 Å². The third-order valence-electron chi connectivity index (χ3n) is 3.71. The van der Waals surface area contributed by atoms with Crippen LogP contribution in [0.5, 0.6) is 0 Å². The molecule has 2 N–H and O–H groups in total. The van der Waals surface area contributed by atoms with E-state index in [1.165, 1.54) is 0 Å². The second kappa shape index (κ2) is 4.77. The van der Waals surface area contributed by atoms with Crippen molar-refractivity contribution < 1.29 is 14.6 Å². The summed E-state index contributed by atoms with van der Waals surface area (Å²) >= 11 is 3.44. The highest BCUT2D eigenvalue weighted by Crippen LogP contribution is 2.34. The standard InChI is InChI=1S/C13H15BrN2O3/c1-7-11(13(17)18)3-10-2-8(14)4-16(10)12(7)15-9-5-19-6-9/h2-4,7,9,12,15H,5-6H2,1H3,(H,17,18). The van der Waals surface area contributed by atoms with Gasteiger partial charge in [-0.15, -0.1) is 0 Å². The predicted molar refractivity (Wildman–Crippen MR) is 73.7 cm³/mol. The normalized spacial score (nSPS) is 26.5. The average molecular weight is 327 g/mol. The van der Waals surface area contributed by atoms with Gasteiger partial charge in [0.1, 0.15) is 0 Å². The number of nitrogens with zero attached hydrogens (tertiary/aromatic N) is 1. The summed E-state index contributed by atoms with van der Waals surface area (Å²) in [5.41, 5.74) is 1.34. The van der Waals surface area contributed by atoms with Crippen LogP contribution >= 0.6 is 15.9 Å². The third kappa shape index (κ3) is 2.24. The van der Waals surface area contributed by atoms with Gasteiger partial charge in [-0.1, -0.05) is 6.92 Å². The molecule has 6 heteroatoms. The van der Waals surface area contributed by atoms with E-state index in [0.29, 0.717) is 24.8 Å². The number of ether oxygens (including phenoxy) is 1. The lowest BCUT2D eigenvalue weighted by atomic mass is 9.93. The van der Waals surface area contributed by atoms with Gasteiger partial charge in [0, 0.05) is 27.9 Å². The van der Waals surface area contributed by atoms with E-state index in [1.807, 2.05) is 19.2 Å². The molecule has 2 aliphatic rings. The Morgan fingerprint density at radius 1 is 1.58 bits per heavy atom. The molecule has 5 nitrogen and oxygen atoms in total. The zero-order valence-corrected chi connectivity index (χ0v) is 12.1. The number of carboxylic acids is 1. The zero-order chi connectivity index (χ0) is 13.6. The number of rotatable bonds is 3. The average Bonchev–Trinajstić information content (AvgIpc) is 2.65. The predicted octanol–water partition coefficient (Wildman–Crippen LogP) is 1.86. The van der Waals surface area contributed by atoms with Crippen LogP contribution in [-0.2, 0) is 9.53 Å². The van der Waals surface area contributed by atoms with E-state index in [-0.39, 0.29) is 12.1 Å². The molecule has 0 amide bonds. The maximum Gasteiger partial charge on any atom is 0.332 e. The van der Waals surface area contributed by atoms with E-state index in [2.05, 4.69) is 25.8 Å². The quantitative estimate of drug-likeness (QED) is 0.889. The monoisotopic (exact) mass is 326 g/mol. The highest BCUT2D eigenvalue weighted by molar-refractivity contribution is 9.10. The SMILES string of the molecule is CC1C(C(=O)O)=Cc2cc(Br)cn2C1NC1COC1. The maximum atomic E-state index is 11.4. The number of aromatic nitrogens is 1. The van der Waals surface area contributed by atoms with Crippen molar-refractivity contribution in [3.63, 3.8) is 0 Å². The molecule has 1 aromatic rings. The minimum absolute atomic E-state index is 0.0497. The van der Waals surface area contributed by atoms with Crippen molar-refractivity contribution in [3.05, 3.63) is 28.0 Å². The Balaban J connectivity index is 1.97. The molecule has 2 aliphatic heterocycles. The Kier molecular flexibility index (Phi) is 3.24. The summed E-state index contributed by atoms with van der Waals surface area (Å²) in [6, 6.07) is 2.23. The maximum absolute atomic E-state index is 11.4. The van der Waals surface area contributed by atoms with Crippen LogP contribution in [0.15, 0.2) is 22.3 Å². The lowest BCUT2D eigenvalue weighted by molar-refractivity contribution is -0.133. The Bertz CT molecular complexity index is 548. The van der Waals surface area contributed by atoms with E-state index < -0.39 is 5.97 Å². The van der Waals surface area contributed by atoms with Crippen molar-refractivity contribution in [2.75, 3.05) is 13.2 Å². The van der Waals surface area contributed by atoms with E-state index in [9.17, 15) is 9.90 Å². The molecule has 0 bridgehead atoms. The van der Waals surface area contributed by atoms with Crippen molar-refractivity contribution in [1.82, 2.24) is 9.88 Å². The molecule has 102 valence electrons. The van der Waals surface area contributed by atoms with Gasteiger partial charge in [-0.25, -0.2) is 4.79 Å². The van der Waals surface area contributed by atoms with Crippen LogP contribution in [0, 0.1) is 5.92 Å². The van der Waals surface area contributed by atoms with Crippen LogP contribution < -0.4 is 5.32 Å². The second-order valence-electron chi connectivity index (χ2n) is 5.03. The third-order valence-corrected chi connectivity index (χ3v) is 4.14. The van der Waals surface area contributed by atoms with Gasteiger partial charge in [-0.2, -0.15) is 0 Å². The van der Waals surface area contributed by atoms with Crippen LogP contribution in [0.4, 0.5) is 0 Å². The van der Waals surface area contributed by atoms with Crippen LogP contribution in [0.2, 0.25) is 0 Å². The van der Waals surface area contributed by atoms with Gasteiger partial charge >= 0.3 is 5.97 Å². The molecular formula is C13H15BrN2O3. The molecule has 2 atom stereocenters. The van der Waals surface area contributed by atoms with Crippen LogP contribution in [0.1, 0.15) is 18.8 Å². The van der Waals surface area contributed by atoms with Gasteiger partial charge in [0.15, 0.2) is 0 Å². The highest BCUT2D eigenvalue weighted by Gasteiger charge is 2.34. The van der Waals surface area contributed by atoms with Gasteiger partial charge in [-0.05, 0) is 28.1 Å². The summed E-state index contributed by atoms with van der Waals surface area (Å²) in [6.45, 7) is 3.31. The lowest BCUT2D eigenvalue weighted by Gasteiger charge is -2.37. The Labute approximate surface area is 119 Å². The number of carboxylic acid groups (broad SMARTS) is 1. The van der Waals surface area contributed by atoms with E-state index in [1.54, 1.807) is 6.08 Å². The van der Waals surface area contributed by atoms with Gasteiger partial charge in [0.25, 0.3) is 0 Å². The topological polar surface area (TPSA) is 63.5 Å². The first kappa shape index (κ1) is 12.9. The van der Waals surface area contributed by atoms with Gasteiger partial charge in [0.05, 0.1) is 25.4 Å². The van der Waals surface area contributed by atoms with Crippen molar-refractivity contribution in [2.24, 2.45) is 5.92 Å². The number of hydrogen-bond acceptors (Lipinski definition) is 3. The summed E-state index contributed by atoms with van der Waals surface area (Å²) in [5.74, 6) is -0.947. The van der Waals surface area contributed by atoms with Gasteiger partial charge < -0.3 is 14.4 Å². The molecule has 3 rings (SSSR count). The zero-order valence-electron chi connectivity index (χ0n) is 10.5. The number of halogens is 1. The molecule has 0 spiro atoms. The molecule has 3 heterocycles. The fourth-order valence-electron chi connectivity index (χ4n) is 2.57. The molecule has 2 unspecified atom stereocenters. The van der Waals surface area contributed by atoms with Crippen molar-refractivity contribution in [3.8, 4) is 0 Å². The molecule has 1 aromatic heterocycles. The minimum Gasteiger partial charge on any atom is -0.478 e. The first-order valence-electron chi connectivity index (χ1n) is 6.22. The number of fused-ring (bicyclic) bond motifs is 1. The Hall–Kier alpha value is -1.11. The molecule has 0 radical (unpaired) electrons. The molecule has 0 saturated carbocycles. The van der Waals surface area contributed by atoms with Crippen LogP contribution in [0.25, 0.3) is 6.08 Å². The summed E-state index contributed by atoms with van der Waals surface area (Å²) in [5, 5.41) is 12.8. The van der Waals surface area contributed by atoms with Crippen LogP contribution in [-0.4, -0.2) is 34.9 Å². The van der Waals surface area contributed by atoms with E-state index >= 15 is 0 Å². The Morgan fingerprint density at radius 3 is 2.89 bits per heavy atom. The number of aliphatic carboxylic acids is 1. The summed E-state index contributed by atoms with van der Waals surface area (Å²) < 4.78 is 8.20. The number of nitrogens with one attached hydrogen (secondary N) is 1. The smallest absolute Gasteiger partial charge is 0.332 e. The first-order chi connectivity index (χ1) is 9.06. The van der Waals surface area contributed by atoms with Gasteiger partial charge in [-0.3, -0.25) is 5.32 Å². The molecule has 1 saturated heterocycles. The van der Waals surface area contributed by atoms with Crippen molar-refractivity contribution in [1.29, 1.82) is 0 Å². The highest BCUT2D eigenvalue weighted by atomic mass is 79.9. The minimum atomic E-state index is -0.854. The summed E-state index contributed by atoms with van der Waals surface area (Å²) in [7, 11) is 0. The van der Waals surface area contributed by atoms with Crippen molar-refractivity contribution in [2.45, 2.75) is 19.1 Å². The van der Waals surface area contributed by atoms with Gasteiger partial charge in [0.2, 0.25) is 0 Å².